The van der Waals surface area contributed by atoms with Gasteiger partial charge in [0.25, 0.3) is 0 Å². The van der Waals surface area contributed by atoms with E-state index < -0.39 is 0 Å². The van der Waals surface area contributed by atoms with Crippen LogP contribution in [0, 0.1) is 0 Å². The van der Waals surface area contributed by atoms with Gasteiger partial charge in [0, 0.05) is 13.0 Å². The molecule has 1 aromatic rings. The van der Waals surface area contributed by atoms with E-state index >= 15 is 0 Å². The first-order chi connectivity index (χ1) is 9.22. The van der Waals surface area contributed by atoms with Crippen molar-refractivity contribution < 1.29 is 19.0 Å². The summed E-state index contributed by atoms with van der Waals surface area (Å²) in [4.78, 5) is 21.3. The van der Waals surface area contributed by atoms with Gasteiger partial charge in [0.05, 0.1) is 32.7 Å². The highest BCUT2D eigenvalue weighted by molar-refractivity contribution is 5.67. The van der Waals surface area contributed by atoms with Crippen LogP contribution in [0.25, 0.3) is 0 Å². The number of hydrogen-bond donors (Lipinski definition) is 0. The number of aromatic nitrogens is 2. The maximum atomic E-state index is 11.5. The van der Waals surface area contributed by atoms with Crippen LogP contribution in [0.4, 0.5) is 4.79 Å². The summed E-state index contributed by atoms with van der Waals surface area (Å²) in [7, 11) is 1.52. The number of hydrogen-bond acceptors (Lipinski definition) is 6. The first-order valence-electron chi connectivity index (χ1n) is 6.17. The van der Waals surface area contributed by atoms with Gasteiger partial charge < -0.3 is 19.1 Å². The first-order valence-corrected chi connectivity index (χ1v) is 6.17. The van der Waals surface area contributed by atoms with Crippen LogP contribution < -0.4 is 9.47 Å². The Kier molecular flexibility index (Phi) is 4.38. The normalized spacial score (nSPS) is 18.2. The molecule has 0 bridgehead atoms. The molecule has 1 unspecified atom stereocenters. The van der Waals surface area contributed by atoms with Crippen LogP contribution in [-0.2, 0) is 4.74 Å². The van der Waals surface area contributed by atoms with Crippen molar-refractivity contribution in [3.05, 3.63) is 12.4 Å². The summed E-state index contributed by atoms with van der Waals surface area (Å²) in [5, 5.41) is 0. The Bertz CT molecular complexity index is 441. The van der Waals surface area contributed by atoms with Gasteiger partial charge in [0.15, 0.2) is 0 Å². The second-order valence-electron chi connectivity index (χ2n) is 4.07. The Morgan fingerprint density at radius 2 is 2.26 bits per heavy atom. The number of rotatable bonds is 4. The van der Waals surface area contributed by atoms with Gasteiger partial charge in [0.1, 0.15) is 6.10 Å². The molecular formula is C12H17N3O4. The van der Waals surface area contributed by atoms with Gasteiger partial charge in [-0.3, -0.25) is 4.98 Å². The maximum Gasteiger partial charge on any atom is 0.409 e. The summed E-state index contributed by atoms with van der Waals surface area (Å²) in [5.74, 6) is 0.799. The van der Waals surface area contributed by atoms with Crippen molar-refractivity contribution in [1.29, 1.82) is 0 Å². The van der Waals surface area contributed by atoms with Gasteiger partial charge in [-0.15, -0.1) is 0 Å². The lowest BCUT2D eigenvalue weighted by Crippen LogP contribution is -2.31. The molecule has 0 spiro atoms. The molecule has 1 fully saturated rings. The van der Waals surface area contributed by atoms with E-state index in [2.05, 4.69) is 9.97 Å². The summed E-state index contributed by atoms with van der Waals surface area (Å²) >= 11 is 0. The van der Waals surface area contributed by atoms with Crippen LogP contribution in [0.2, 0.25) is 0 Å². The number of likely N-dealkylation sites (tertiary alicyclic amines) is 1. The second kappa shape index (κ2) is 6.21. The average molecular weight is 267 g/mol. The zero-order valence-electron chi connectivity index (χ0n) is 11.0. The Morgan fingerprint density at radius 1 is 1.47 bits per heavy atom. The highest BCUT2D eigenvalue weighted by Gasteiger charge is 2.28. The van der Waals surface area contributed by atoms with E-state index in [4.69, 9.17) is 14.2 Å². The van der Waals surface area contributed by atoms with Crippen molar-refractivity contribution in [3.8, 4) is 11.8 Å². The molecule has 0 saturated carbocycles. The number of carbonyl (C=O) groups is 1. The summed E-state index contributed by atoms with van der Waals surface area (Å²) in [6.07, 6.45) is 3.38. The molecule has 0 aromatic carbocycles. The smallest absolute Gasteiger partial charge is 0.409 e. The van der Waals surface area contributed by atoms with Crippen LogP contribution >= 0.6 is 0 Å². The molecule has 0 aliphatic carbocycles. The van der Waals surface area contributed by atoms with Crippen LogP contribution in [0.15, 0.2) is 12.4 Å². The van der Waals surface area contributed by atoms with Gasteiger partial charge in [0.2, 0.25) is 11.8 Å². The van der Waals surface area contributed by atoms with E-state index in [9.17, 15) is 4.79 Å². The molecule has 7 nitrogen and oxygen atoms in total. The highest BCUT2D eigenvalue weighted by Crippen LogP contribution is 2.18. The molecule has 104 valence electrons. The molecule has 0 N–H and O–H groups in total. The van der Waals surface area contributed by atoms with Gasteiger partial charge in [-0.2, -0.15) is 4.98 Å². The largest absolute Gasteiger partial charge is 0.480 e. The lowest BCUT2D eigenvalue weighted by molar-refractivity contribution is 0.109. The molecule has 1 aliphatic rings. The topological polar surface area (TPSA) is 73.8 Å². The van der Waals surface area contributed by atoms with E-state index in [0.29, 0.717) is 31.5 Å². The number of carbonyl (C=O) groups excluding carboxylic acids is 1. The highest BCUT2D eigenvalue weighted by atomic mass is 16.6. The van der Waals surface area contributed by atoms with Crippen molar-refractivity contribution in [2.75, 3.05) is 26.8 Å². The van der Waals surface area contributed by atoms with E-state index in [1.165, 1.54) is 19.5 Å². The predicted octanol–water partition coefficient (Wildman–Crippen LogP) is 1.09. The zero-order valence-corrected chi connectivity index (χ0v) is 11.0. The third kappa shape index (κ3) is 3.46. The fraction of sp³-hybridized carbons (Fsp3) is 0.583. The number of ether oxygens (including phenoxy) is 3. The maximum absolute atomic E-state index is 11.5. The molecule has 0 radical (unpaired) electrons. The first kappa shape index (κ1) is 13.4. The second-order valence-corrected chi connectivity index (χ2v) is 4.07. The molecule has 1 atom stereocenters. The fourth-order valence-electron chi connectivity index (χ4n) is 1.86. The molecule has 7 heteroatoms. The van der Waals surface area contributed by atoms with Crippen LogP contribution in [0.3, 0.4) is 0 Å². The molecule has 19 heavy (non-hydrogen) atoms. The third-order valence-electron chi connectivity index (χ3n) is 2.76. The Morgan fingerprint density at radius 3 is 3.00 bits per heavy atom. The molecule has 1 aliphatic heterocycles. The lowest BCUT2D eigenvalue weighted by atomic mass is 10.3. The van der Waals surface area contributed by atoms with Gasteiger partial charge in [-0.1, -0.05) is 0 Å². The minimum Gasteiger partial charge on any atom is -0.480 e. The van der Waals surface area contributed by atoms with Gasteiger partial charge in [-0.05, 0) is 6.92 Å². The Hall–Kier alpha value is -2.05. The predicted molar refractivity (Wildman–Crippen MR) is 66.2 cm³/mol. The molecular weight excluding hydrogens is 250 g/mol. The van der Waals surface area contributed by atoms with Crippen molar-refractivity contribution in [1.82, 2.24) is 14.9 Å². The number of amides is 1. The van der Waals surface area contributed by atoms with Crippen LogP contribution in [-0.4, -0.2) is 53.9 Å². The summed E-state index contributed by atoms with van der Waals surface area (Å²) in [6.45, 7) is 3.29. The molecule has 1 saturated heterocycles. The Labute approximate surface area is 111 Å². The lowest BCUT2D eigenvalue weighted by Gasteiger charge is -2.16. The molecule has 1 aromatic heterocycles. The number of nitrogens with zero attached hydrogens (tertiary/aromatic N) is 3. The average Bonchev–Trinajstić information content (AvgIpc) is 2.88. The van der Waals surface area contributed by atoms with Crippen molar-refractivity contribution in [2.24, 2.45) is 0 Å². The van der Waals surface area contributed by atoms with Gasteiger partial charge >= 0.3 is 6.09 Å². The van der Waals surface area contributed by atoms with E-state index in [1.807, 2.05) is 0 Å². The summed E-state index contributed by atoms with van der Waals surface area (Å²) < 4.78 is 15.6. The minimum absolute atomic E-state index is 0.0918. The van der Waals surface area contributed by atoms with Crippen LogP contribution in [0.1, 0.15) is 13.3 Å². The summed E-state index contributed by atoms with van der Waals surface area (Å²) in [6, 6.07) is 0. The summed E-state index contributed by atoms with van der Waals surface area (Å²) in [5.41, 5.74) is 0. The van der Waals surface area contributed by atoms with E-state index in [0.717, 1.165) is 6.42 Å². The third-order valence-corrected chi connectivity index (χ3v) is 2.76. The molecule has 2 heterocycles. The molecule has 2 rings (SSSR count). The fourth-order valence-corrected chi connectivity index (χ4v) is 1.86. The Balaban J connectivity index is 1.89. The zero-order chi connectivity index (χ0) is 13.7. The van der Waals surface area contributed by atoms with Crippen LogP contribution in [0.5, 0.6) is 11.8 Å². The quantitative estimate of drug-likeness (QED) is 0.813. The monoisotopic (exact) mass is 267 g/mol. The van der Waals surface area contributed by atoms with E-state index in [-0.39, 0.29) is 12.2 Å². The number of methoxy groups -OCH3 is 1. The minimum atomic E-state index is -0.301. The van der Waals surface area contributed by atoms with Crippen molar-refractivity contribution in [3.63, 3.8) is 0 Å². The van der Waals surface area contributed by atoms with E-state index in [1.54, 1.807) is 11.8 Å². The van der Waals surface area contributed by atoms with Gasteiger partial charge in [-0.25, -0.2) is 4.79 Å². The SMILES string of the molecule is CCOC(=O)N1CCC(Oc2cncc(OC)n2)C1. The molecule has 1 amide bonds. The van der Waals surface area contributed by atoms with Crippen molar-refractivity contribution >= 4 is 6.09 Å². The van der Waals surface area contributed by atoms with Crippen molar-refractivity contribution in [2.45, 2.75) is 19.4 Å². The standard InChI is InChI=1S/C12H17N3O4/c1-3-18-12(16)15-5-4-9(8-15)19-11-7-13-6-10(14-11)17-2/h6-7,9H,3-5,8H2,1-2H3.